The molecule has 0 spiro atoms. The van der Waals surface area contributed by atoms with E-state index in [1.807, 2.05) is 0 Å². The van der Waals surface area contributed by atoms with E-state index in [-0.39, 0.29) is 68.5 Å². The Labute approximate surface area is 161 Å². The SMILES string of the molecule is O=C(Nc1cc(Cl)ccc1C(=O)[O-])c1cccs1.[K+]. The smallest absolute Gasteiger partial charge is 0.545 e. The minimum atomic E-state index is -1.37. The summed E-state index contributed by atoms with van der Waals surface area (Å²) in [5.41, 5.74) is 0.0187. The van der Waals surface area contributed by atoms with E-state index < -0.39 is 5.97 Å². The van der Waals surface area contributed by atoms with Crippen molar-refractivity contribution in [3.05, 3.63) is 51.2 Å². The van der Waals surface area contributed by atoms with E-state index in [9.17, 15) is 14.7 Å². The Morgan fingerprint density at radius 2 is 2.00 bits per heavy atom. The average Bonchev–Trinajstić information content (AvgIpc) is 2.81. The minimum Gasteiger partial charge on any atom is -0.545 e. The maximum absolute atomic E-state index is 11.8. The van der Waals surface area contributed by atoms with E-state index in [0.717, 1.165) is 0 Å². The van der Waals surface area contributed by atoms with E-state index in [1.54, 1.807) is 17.5 Å². The first kappa shape index (κ1) is 16.8. The normalized spacial score (nSPS) is 9.53. The van der Waals surface area contributed by atoms with Crippen molar-refractivity contribution < 1.29 is 66.1 Å². The van der Waals surface area contributed by atoms with E-state index in [4.69, 9.17) is 11.6 Å². The van der Waals surface area contributed by atoms with E-state index in [2.05, 4.69) is 5.32 Å². The zero-order chi connectivity index (χ0) is 13.1. The van der Waals surface area contributed by atoms with Gasteiger partial charge in [-0.1, -0.05) is 17.7 Å². The Morgan fingerprint density at radius 1 is 1.26 bits per heavy atom. The molecule has 0 aliphatic carbocycles. The van der Waals surface area contributed by atoms with Gasteiger partial charge in [-0.2, -0.15) is 0 Å². The molecule has 0 aliphatic heterocycles. The van der Waals surface area contributed by atoms with Crippen LogP contribution in [0.5, 0.6) is 0 Å². The maximum atomic E-state index is 11.8. The Hall–Kier alpha value is -0.214. The zero-order valence-corrected chi connectivity index (χ0v) is 14.7. The predicted molar refractivity (Wildman–Crippen MR) is 68.1 cm³/mol. The second-order valence-corrected chi connectivity index (χ2v) is 4.79. The van der Waals surface area contributed by atoms with E-state index in [1.165, 1.54) is 29.5 Å². The second kappa shape index (κ2) is 7.54. The van der Waals surface area contributed by atoms with Crippen molar-refractivity contribution in [2.75, 3.05) is 5.32 Å². The molecule has 0 saturated heterocycles. The van der Waals surface area contributed by atoms with Crippen LogP contribution in [0.4, 0.5) is 5.69 Å². The summed E-state index contributed by atoms with van der Waals surface area (Å²) in [6.45, 7) is 0. The van der Waals surface area contributed by atoms with Gasteiger partial charge in [-0.05, 0) is 29.6 Å². The topological polar surface area (TPSA) is 69.2 Å². The van der Waals surface area contributed by atoms with Gasteiger partial charge in [0.25, 0.3) is 5.91 Å². The molecule has 7 heteroatoms. The van der Waals surface area contributed by atoms with Gasteiger partial charge in [0.2, 0.25) is 0 Å². The molecule has 2 rings (SSSR count). The number of benzene rings is 1. The van der Waals surface area contributed by atoms with Crippen molar-refractivity contribution in [1.29, 1.82) is 0 Å². The molecule has 92 valence electrons. The van der Waals surface area contributed by atoms with Gasteiger partial charge in [0.15, 0.2) is 0 Å². The van der Waals surface area contributed by atoms with Gasteiger partial charge >= 0.3 is 51.4 Å². The van der Waals surface area contributed by atoms with Gasteiger partial charge in [0, 0.05) is 10.6 Å². The Kier molecular flexibility index (Phi) is 6.68. The molecular weight excluding hydrogens is 313 g/mol. The Balaban J connectivity index is 0.00000180. The quantitative estimate of drug-likeness (QED) is 0.740. The first-order valence-corrected chi connectivity index (χ1v) is 6.19. The first-order valence-electron chi connectivity index (χ1n) is 4.93. The summed E-state index contributed by atoms with van der Waals surface area (Å²) >= 11 is 7.03. The molecule has 1 aromatic heterocycles. The van der Waals surface area contributed by atoms with Crippen LogP contribution in [-0.2, 0) is 0 Å². The van der Waals surface area contributed by atoms with Crippen molar-refractivity contribution in [1.82, 2.24) is 0 Å². The fourth-order valence-corrected chi connectivity index (χ4v) is 2.18. The van der Waals surface area contributed by atoms with Crippen LogP contribution in [-0.4, -0.2) is 11.9 Å². The number of carboxylic acids is 1. The second-order valence-electron chi connectivity index (χ2n) is 3.41. The number of hydrogen-bond donors (Lipinski definition) is 1. The third-order valence-electron chi connectivity index (χ3n) is 2.19. The van der Waals surface area contributed by atoms with Crippen LogP contribution in [0.25, 0.3) is 0 Å². The Morgan fingerprint density at radius 3 is 2.58 bits per heavy atom. The summed E-state index contributed by atoms with van der Waals surface area (Å²) in [5.74, 6) is -1.75. The molecule has 1 heterocycles. The molecule has 2 aromatic rings. The number of hydrogen-bond acceptors (Lipinski definition) is 4. The molecule has 0 atom stereocenters. The molecule has 0 aliphatic rings. The number of carbonyl (C=O) groups is 2. The summed E-state index contributed by atoms with van der Waals surface area (Å²) in [4.78, 5) is 23.2. The molecule has 4 nitrogen and oxygen atoms in total. The molecule has 0 saturated carbocycles. The molecule has 19 heavy (non-hydrogen) atoms. The van der Waals surface area contributed by atoms with Crippen LogP contribution in [0, 0.1) is 0 Å². The Bertz CT molecular complexity index is 601. The number of carboxylic acid groups (broad SMARTS) is 1. The molecular formula is C12H7ClKNO3S. The van der Waals surface area contributed by atoms with E-state index >= 15 is 0 Å². The minimum absolute atomic E-state index is 0. The van der Waals surface area contributed by atoms with Crippen LogP contribution >= 0.6 is 22.9 Å². The van der Waals surface area contributed by atoms with Crippen LogP contribution in [0.3, 0.4) is 0 Å². The summed E-state index contributed by atoms with van der Waals surface area (Å²) in [5, 5.41) is 15.5. The van der Waals surface area contributed by atoms with E-state index in [0.29, 0.717) is 9.90 Å². The molecule has 0 unspecified atom stereocenters. The van der Waals surface area contributed by atoms with Gasteiger partial charge in [0.05, 0.1) is 16.5 Å². The first-order chi connectivity index (χ1) is 8.58. The largest absolute Gasteiger partial charge is 1.00 e. The predicted octanol–water partition coefficient (Wildman–Crippen LogP) is -0.979. The number of nitrogens with one attached hydrogen (secondary N) is 1. The van der Waals surface area contributed by atoms with Gasteiger partial charge < -0.3 is 15.2 Å². The molecule has 0 radical (unpaired) electrons. The average molecular weight is 320 g/mol. The molecule has 0 fully saturated rings. The van der Waals surface area contributed by atoms with Crippen molar-refractivity contribution in [3.63, 3.8) is 0 Å². The van der Waals surface area contributed by atoms with Gasteiger partial charge in [-0.25, -0.2) is 0 Å². The van der Waals surface area contributed by atoms with Crippen LogP contribution in [0.1, 0.15) is 20.0 Å². The fourth-order valence-electron chi connectivity index (χ4n) is 1.39. The summed E-state index contributed by atoms with van der Waals surface area (Å²) in [6, 6.07) is 7.47. The number of halogens is 1. The number of amides is 1. The third-order valence-corrected chi connectivity index (χ3v) is 3.30. The van der Waals surface area contributed by atoms with Crippen LogP contribution < -0.4 is 61.8 Å². The monoisotopic (exact) mass is 319 g/mol. The number of anilines is 1. The molecule has 1 N–H and O–H groups in total. The molecule has 1 aromatic carbocycles. The van der Waals surface area contributed by atoms with Crippen LogP contribution in [0.15, 0.2) is 35.7 Å². The summed E-state index contributed by atoms with van der Waals surface area (Å²) in [6.07, 6.45) is 0. The van der Waals surface area contributed by atoms with Gasteiger partial charge in [0.1, 0.15) is 0 Å². The van der Waals surface area contributed by atoms with Crippen molar-refractivity contribution in [3.8, 4) is 0 Å². The number of thiophene rings is 1. The number of aromatic carboxylic acids is 1. The number of rotatable bonds is 3. The number of carbonyl (C=O) groups excluding carboxylic acids is 2. The molecule has 1 amide bonds. The van der Waals surface area contributed by atoms with Crippen molar-refractivity contribution in [2.45, 2.75) is 0 Å². The summed E-state index contributed by atoms with van der Waals surface area (Å²) < 4.78 is 0. The van der Waals surface area contributed by atoms with Gasteiger partial charge in [-0.3, -0.25) is 4.79 Å². The maximum Gasteiger partial charge on any atom is 1.00 e. The van der Waals surface area contributed by atoms with Crippen molar-refractivity contribution >= 4 is 40.5 Å². The van der Waals surface area contributed by atoms with Crippen LogP contribution in [0.2, 0.25) is 5.02 Å². The molecule has 0 bridgehead atoms. The summed E-state index contributed by atoms with van der Waals surface area (Å²) in [7, 11) is 0. The van der Waals surface area contributed by atoms with Crippen molar-refractivity contribution in [2.24, 2.45) is 0 Å². The standard InChI is InChI=1S/C12H8ClNO3S.K/c13-7-3-4-8(12(16)17)9(6-7)14-11(15)10-2-1-5-18-10;/h1-6H,(H,14,15)(H,16,17);/q;+1/p-1. The fraction of sp³-hybridized carbons (Fsp3) is 0. The zero-order valence-electron chi connectivity index (χ0n) is 9.98. The van der Waals surface area contributed by atoms with Gasteiger partial charge in [-0.15, -0.1) is 11.3 Å². The third kappa shape index (κ3) is 4.39.